The molecule has 1 amide bonds. The summed E-state index contributed by atoms with van der Waals surface area (Å²) in [6, 6.07) is 7.55. The van der Waals surface area contributed by atoms with Crippen LogP contribution in [0.5, 0.6) is 0 Å². The Morgan fingerprint density at radius 2 is 1.82 bits per heavy atom. The van der Waals surface area contributed by atoms with E-state index in [4.69, 9.17) is 0 Å². The third-order valence-corrected chi connectivity index (χ3v) is 2.52. The zero-order chi connectivity index (χ0) is 13.1. The molecule has 1 aromatic carbocycles. The molecule has 0 saturated carbocycles. The van der Waals surface area contributed by atoms with Crippen LogP contribution < -0.4 is 5.32 Å². The van der Waals surface area contributed by atoms with Crippen LogP contribution in [0, 0.1) is 0 Å². The summed E-state index contributed by atoms with van der Waals surface area (Å²) >= 11 is 0. The number of carbonyl (C=O) groups excluding carboxylic acids is 1. The van der Waals surface area contributed by atoms with Crippen molar-refractivity contribution in [2.45, 2.75) is 39.2 Å². The fourth-order valence-electron chi connectivity index (χ4n) is 1.42. The van der Waals surface area contributed by atoms with Gasteiger partial charge in [-0.15, -0.1) is 0 Å². The van der Waals surface area contributed by atoms with Gasteiger partial charge in [0.05, 0.1) is 5.60 Å². The molecule has 2 N–H and O–H groups in total. The highest BCUT2D eigenvalue weighted by atomic mass is 16.3. The average Bonchev–Trinajstić information content (AvgIpc) is 2.25. The lowest BCUT2D eigenvalue weighted by atomic mass is 10.0. The fraction of sp³-hybridized carbons (Fsp3) is 0.500. The first-order valence-corrected chi connectivity index (χ1v) is 5.90. The zero-order valence-corrected chi connectivity index (χ0v) is 10.9. The molecule has 0 unspecified atom stereocenters. The summed E-state index contributed by atoms with van der Waals surface area (Å²) in [5.74, 6) is 0.311. The van der Waals surface area contributed by atoms with Crippen LogP contribution in [0.3, 0.4) is 0 Å². The first-order valence-electron chi connectivity index (χ1n) is 5.90. The summed E-state index contributed by atoms with van der Waals surface area (Å²) in [7, 11) is 0. The van der Waals surface area contributed by atoms with Crippen LogP contribution in [0.15, 0.2) is 24.3 Å². The minimum absolute atomic E-state index is 0.151. The van der Waals surface area contributed by atoms with Crippen LogP contribution in [0.25, 0.3) is 0 Å². The maximum Gasteiger partial charge on any atom is 0.251 e. The number of nitrogens with one attached hydrogen (secondary N) is 1. The molecule has 1 aromatic rings. The number of carbonyl (C=O) groups is 1. The van der Waals surface area contributed by atoms with E-state index < -0.39 is 5.60 Å². The molecule has 3 nitrogen and oxygen atoms in total. The molecular weight excluding hydrogens is 214 g/mol. The van der Waals surface area contributed by atoms with E-state index >= 15 is 0 Å². The fourth-order valence-corrected chi connectivity index (χ4v) is 1.42. The summed E-state index contributed by atoms with van der Waals surface area (Å²) in [6.07, 6.45) is 0. The zero-order valence-electron chi connectivity index (χ0n) is 10.9. The van der Waals surface area contributed by atoms with Crippen LogP contribution in [0.2, 0.25) is 0 Å². The van der Waals surface area contributed by atoms with E-state index in [0.717, 1.165) is 0 Å². The lowest BCUT2D eigenvalue weighted by molar-refractivity contribution is 0.0694. The average molecular weight is 235 g/mol. The number of amides is 1. The van der Waals surface area contributed by atoms with Gasteiger partial charge in [-0.05, 0) is 37.5 Å². The predicted octanol–water partition coefficient (Wildman–Crippen LogP) is 2.31. The highest BCUT2D eigenvalue weighted by molar-refractivity contribution is 5.94. The minimum Gasteiger partial charge on any atom is -0.389 e. The molecule has 0 aliphatic heterocycles. The Hall–Kier alpha value is -1.35. The van der Waals surface area contributed by atoms with Crippen LogP contribution in [0.4, 0.5) is 0 Å². The molecule has 0 aromatic heterocycles. The van der Waals surface area contributed by atoms with Gasteiger partial charge in [-0.3, -0.25) is 4.79 Å². The highest BCUT2D eigenvalue weighted by Crippen LogP contribution is 2.14. The summed E-state index contributed by atoms with van der Waals surface area (Å²) in [6.45, 7) is 7.80. The van der Waals surface area contributed by atoms with Crippen molar-refractivity contribution >= 4 is 5.91 Å². The van der Waals surface area contributed by atoms with Gasteiger partial charge in [-0.2, -0.15) is 0 Å². The smallest absolute Gasteiger partial charge is 0.251 e. The molecule has 0 atom stereocenters. The standard InChI is InChI=1S/C14H21NO2/c1-10(2)11-5-7-12(8-6-11)13(16)15-9-14(3,4)17/h5-8,10,17H,9H2,1-4H3,(H,15,16). The van der Waals surface area contributed by atoms with Crippen LogP contribution in [0.1, 0.15) is 49.5 Å². The quantitative estimate of drug-likeness (QED) is 0.841. The molecule has 0 saturated heterocycles. The van der Waals surface area contributed by atoms with E-state index in [2.05, 4.69) is 19.2 Å². The van der Waals surface area contributed by atoms with Gasteiger partial charge in [0.2, 0.25) is 0 Å². The monoisotopic (exact) mass is 235 g/mol. The summed E-state index contributed by atoms with van der Waals surface area (Å²) in [4.78, 5) is 11.8. The summed E-state index contributed by atoms with van der Waals surface area (Å²) < 4.78 is 0. The number of hydrogen-bond donors (Lipinski definition) is 2. The lowest BCUT2D eigenvalue weighted by Crippen LogP contribution is -2.38. The van der Waals surface area contributed by atoms with Gasteiger partial charge in [-0.25, -0.2) is 0 Å². The SMILES string of the molecule is CC(C)c1ccc(C(=O)NCC(C)(C)O)cc1. The topological polar surface area (TPSA) is 49.3 Å². The van der Waals surface area contributed by atoms with Crippen LogP contribution in [-0.4, -0.2) is 23.2 Å². The van der Waals surface area contributed by atoms with Crippen molar-refractivity contribution in [3.8, 4) is 0 Å². The molecule has 94 valence electrons. The first kappa shape index (κ1) is 13.7. The summed E-state index contributed by atoms with van der Waals surface area (Å²) in [5, 5.41) is 12.2. The Labute approximate surface area is 103 Å². The van der Waals surface area contributed by atoms with E-state index in [9.17, 15) is 9.90 Å². The van der Waals surface area contributed by atoms with E-state index in [1.807, 2.05) is 24.3 Å². The molecule has 0 aliphatic rings. The number of rotatable bonds is 4. The molecule has 0 heterocycles. The van der Waals surface area contributed by atoms with Gasteiger partial charge in [0.25, 0.3) is 5.91 Å². The maximum absolute atomic E-state index is 11.8. The molecule has 0 bridgehead atoms. The maximum atomic E-state index is 11.8. The van der Waals surface area contributed by atoms with Crippen molar-refractivity contribution in [2.24, 2.45) is 0 Å². The molecule has 17 heavy (non-hydrogen) atoms. The Kier molecular flexibility index (Phi) is 4.29. The number of benzene rings is 1. The molecule has 0 spiro atoms. The van der Waals surface area contributed by atoms with E-state index in [1.54, 1.807) is 13.8 Å². The van der Waals surface area contributed by atoms with Gasteiger partial charge in [0.1, 0.15) is 0 Å². The molecule has 3 heteroatoms. The lowest BCUT2D eigenvalue weighted by Gasteiger charge is -2.17. The predicted molar refractivity (Wildman–Crippen MR) is 69.2 cm³/mol. The van der Waals surface area contributed by atoms with Crippen molar-refractivity contribution in [3.63, 3.8) is 0 Å². The molecule has 0 aliphatic carbocycles. The van der Waals surface area contributed by atoms with E-state index in [0.29, 0.717) is 11.5 Å². The second-order valence-corrected chi connectivity index (χ2v) is 5.27. The van der Waals surface area contributed by atoms with Gasteiger partial charge in [-0.1, -0.05) is 26.0 Å². The van der Waals surface area contributed by atoms with Crippen molar-refractivity contribution in [1.29, 1.82) is 0 Å². The van der Waals surface area contributed by atoms with Crippen molar-refractivity contribution < 1.29 is 9.90 Å². The number of hydrogen-bond acceptors (Lipinski definition) is 2. The largest absolute Gasteiger partial charge is 0.389 e. The van der Waals surface area contributed by atoms with Crippen LogP contribution >= 0.6 is 0 Å². The third kappa shape index (κ3) is 4.57. The highest BCUT2D eigenvalue weighted by Gasteiger charge is 2.14. The van der Waals surface area contributed by atoms with Crippen molar-refractivity contribution in [3.05, 3.63) is 35.4 Å². The molecule has 1 rings (SSSR count). The van der Waals surface area contributed by atoms with E-state index in [1.165, 1.54) is 5.56 Å². The Balaban J connectivity index is 2.64. The van der Waals surface area contributed by atoms with Crippen molar-refractivity contribution in [1.82, 2.24) is 5.32 Å². The Morgan fingerprint density at radius 1 is 1.29 bits per heavy atom. The normalized spacial score (nSPS) is 11.6. The second kappa shape index (κ2) is 5.32. The van der Waals surface area contributed by atoms with Gasteiger partial charge < -0.3 is 10.4 Å². The van der Waals surface area contributed by atoms with E-state index in [-0.39, 0.29) is 12.5 Å². The molecular formula is C14H21NO2. The minimum atomic E-state index is -0.881. The Morgan fingerprint density at radius 3 is 2.24 bits per heavy atom. The summed E-state index contributed by atoms with van der Waals surface area (Å²) in [5.41, 5.74) is 0.954. The van der Waals surface area contributed by atoms with Gasteiger partial charge in [0.15, 0.2) is 0 Å². The first-order chi connectivity index (χ1) is 7.79. The second-order valence-electron chi connectivity index (χ2n) is 5.27. The molecule has 0 radical (unpaired) electrons. The van der Waals surface area contributed by atoms with Crippen LogP contribution in [-0.2, 0) is 0 Å². The Bertz CT molecular complexity index is 374. The third-order valence-electron chi connectivity index (χ3n) is 2.52. The van der Waals surface area contributed by atoms with Gasteiger partial charge in [0, 0.05) is 12.1 Å². The number of aliphatic hydroxyl groups is 1. The van der Waals surface area contributed by atoms with Crippen molar-refractivity contribution in [2.75, 3.05) is 6.54 Å². The molecule has 0 fully saturated rings. The van der Waals surface area contributed by atoms with Gasteiger partial charge >= 0.3 is 0 Å².